The maximum Gasteiger partial charge on any atom is 0.231 e. The molecule has 0 fully saturated rings. The lowest BCUT2D eigenvalue weighted by molar-refractivity contribution is -0.118. The monoisotopic (exact) mass is 386 g/mol. The van der Waals surface area contributed by atoms with Crippen LogP contribution in [0.1, 0.15) is 17.2 Å². The molecule has 0 aliphatic heterocycles. The first-order valence-corrected chi connectivity index (χ1v) is 8.61. The fourth-order valence-electron chi connectivity index (χ4n) is 2.76. The number of ether oxygens (including phenoxy) is 1. The largest absolute Gasteiger partial charge is 0.497 e. The van der Waals surface area contributed by atoms with Crippen LogP contribution in [-0.4, -0.2) is 18.0 Å². The Morgan fingerprint density at radius 2 is 1.62 bits per heavy atom. The third-order valence-corrected chi connectivity index (χ3v) is 4.68. The summed E-state index contributed by atoms with van der Waals surface area (Å²) in [5.41, 5.74) is 8.20. The zero-order chi connectivity index (χ0) is 18.7. The number of benzene rings is 2. The zero-order valence-electron chi connectivity index (χ0n) is 13.9. The molecular formula is C20H16Cl2N2O2. The van der Waals surface area contributed by atoms with Crippen molar-refractivity contribution in [2.75, 3.05) is 7.11 Å². The van der Waals surface area contributed by atoms with Crippen molar-refractivity contribution >= 4 is 29.1 Å². The van der Waals surface area contributed by atoms with E-state index in [1.807, 2.05) is 36.4 Å². The molecule has 6 heteroatoms. The number of amides is 1. The van der Waals surface area contributed by atoms with Gasteiger partial charge in [0.25, 0.3) is 0 Å². The van der Waals surface area contributed by atoms with Gasteiger partial charge < -0.3 is 10.5 Å². The van der Waals surface area contributed by atoms with Crippen LogP contribution in [0.15, 0.2) is 60.7 Å². The third-order valence-electron chi connectivity index (χ3n) is 4.03. The molecule has 1 atom stereocenters. The molecule has 0 spiro atoms. The molecule has 1 aromatic heterocycles. The van der Waals surface area contributed by atoms with Gasteiger partial charge in [-0.1, -0.05) is 35.3 Å². The molecule has 3 aromatic rings. The molecule has 0 aliphatic carbocycles. The molecule has 0 saturated heterocycles. The number of hydrogen-bond donors (Lipinski definition) is 1. The molecule has 2 N–H and O–H groups in total. The highest BCUT2D eigenvalue weighted by Gasteiger charge is 2.26. The summed E-state index contributed by atoms with van der Waals surface area (Å²) in [6.07, 6.45) is 0. The highest BCUT2D eigenvalue weighted by atomic mass is 35.5. The lowest BCUT2D eigenvalue weighted by atomic mass is 9.93. The average molecular weight is 387 g/mol. The lowest BCUT2D eigenvalue weighted by Gasteiger charge is -2.17. The Bertz CT molecular complexity index is 923. The molecule has 1 heterocycles. The Morgan fingerprint density at radius 3 is 2.19 bits per heavy atom. The van der Waals surface area contributed by atoms with Crippen molar-refractivity contribution in [1.29, 1.82) is 0 Å². The molecule has 3 rings (SSSR count). The number of rotatable bonds is 5. The Labute approximate surface area is 161 Å². The SMILES string of the molecule is COc1ccc(-c2cccc(C(C(N)=O)c3c(Cl)cccc3Cl)n2)cc1. The topological polar surface area (TPSA) is 65.2 Å². The molecule has 0 aliphatic rings. The second-order valence-corrected chi connectivity index (χ2v) is 6.46. The van der Waals surface area contributed by atoms with Gasteiger partial charge in [0.2, 0.25) is 5.91 Å². The van der Waals surface area contributed by atoms with Gasteiger partial charge in [0.05, 0.1) is 18.5 Å². The van der Waals surface area contributed by atoms with E-state index in [2.05, 4.69) is 4.98 Å². The minimum Gasteiger partial charge on any atom is -0.497 e. The Morgan fingerprint density at radius 1 is 1.00 bits per heavy atom. The van der Waals surface area contributed by atoms with Crippen molar-refractivity contribution in [3.05, 3.63) is 82.0 Å². The van der Waals surface area contributed by atoms with E-state index in [0.717, 1.165) is 11.3 Å². The van der Waals surface area contributed by atoms with E-state index in [1.165, 1.54) is 0 Å². The molecule has 4 nitrogen and oxygen atoms in total. The van der Waals surface area contributed by atoms with Crippen LogP contribution < -0.4 is 10.5 Å². The zero-order valence-corrected chi connectivity index (χ0v) is 15.5. The van der Waals surface area contributed by atoms with Gasteiger partial charge in [-0.15, -0.1) is 0 Å². The number of methoxy groups -OCH3 is 1. The maximum absolute atomic E-state index is 12.2. The average Bonchev–Trinajstić information content (AvgIpc) is 2.64. The summed E-state index contributed by atoms with van der Waals surface area (Å²) < 4.78 is 5.17. The second-order valence-electron chi connectivity index (χ2n) is 5.65. The van der Waals surface area contributed by atoms with Crippen molar-refractivity contribution in [2.24, 2.45) is 5.73 Å². The summed E-state index contributed by atoms with van der Waals surface area (Å²) in [5, 5.41) is 0.746. The predicted molar refractivity (Wildman–Crippen MR) is 104 cm³/mol. The van der Waals surface area contributed by atoms with Gasteiger partial charge in [-0.3, -0.25) is 9.78 Å². The van der Waals surface area contributed by atoms with Gasteiger partial charge in [-0.25, -0.2) is 0 Å². The first-order chi connectivity index (χ1) is 12.5. The first-order valence-electron chi connectivity index (χ1n) is 7.86. The number of carbonyl (C=O) groups is 1. The summed E-state index contributed by atoms with van der Waals surface area (Å²) >= 11 is 12.5. The van der Waals surface area contributed by atoms with E-state index in [4.69, 9.17) is 33.7 Å². The summed E-state index contributed by atoms with van der Waals surface area (Å²) in [4.78, 5) is 16.8. The van der Waals surface area contributed by atoms with Crippen molar-refractivity contribution < 1.29 is 9.53 Å². The van der Waals surface area contributed by atoms with Gasteiger partial charge >= 0.3 is 0 Å². The second kappa shape index (κ2) is 7.77. The normalized spacial score (nSPS) is 11.8. The standard InChI is InChI=1S/C20H16Cl2N2O2/c1-26-13-10-8-12(9-11-13)16-6-3-7-17(24-16)19(20(23)25)18-14(21)4-2-5-15(18)22/h2-11,19H,1H3,(H2,23,25). The van der Waals surface area contributed by atoms with E-state index in [1.54, 1.807) is 31.4 Å². The van der Waals surface area contributed by atoms with Crippen molar-refractivity contribution in [1.82, 2.24) is 4.98 Å². The molecule has 2 aromatic carbocycles. The summed E-state index contributed by atoms with van der Waals surface area (Å²) in [6, 6.07) is 18.0. The van der Waals surface area contributed by atoms with Crippen LogP contribution >= 0.6 is 23.2 Å². The van der Waals surface area contributed by atoms with Gasteiger partial charge in [0.1, 0.15) is 11.7 Å². The highest BCUT2D eigenvalue weighted by molar-refractivity contribution is 6.36. The molecule has 0 bridgehead atoms. The van der Waals surface area contributed by atoms with Crippen LogP contribution in [0.2, 0.25) is 10.0 Å². The fourth-order valence-corrected chi connectivity index (χ4v) is 3.37. The van der Waals surface area contributed by atoms with Crippen LogP contribution in [-0.2, 0) is 4.79 Å². The summed E-state index contributed by atoms with van der Waals surface area (Å²) in [7, 11) is 1.61. The lowest BCUT2D eigenvalue weighted by Crippen LogP contribution is -2.24. The van der Waals surface area contributed by atoms with E-state index in [-0.39, 0.29) is 0 Å². The fraction of sp³-hybridized carbons (Fsp3) is 0.100. The maximum atomic E-state index is 12.2. The van der Waals surface area contributed by atoms with Crippen LogP contribution in [0.5, 0.6) is 5.75 Å². The van der Waals surface area contributed by atoms with Crippen molar-refractivity contribution in [3.63, 3.8) is 0 Å². The molecule has 26 heavy (non-hydrogen) atoms. The first kappa shape index (κ1) is 18.2. The van der Waals surface area contributed by atoms with Crippen LogP contribution in [0.3, 0.4) is 0 Å². The molecular weight excluding hydrogens is 371 g/mol. The molecule has 132 valence electrons. The minimum absolute atomic E-state index is 0.373. The number of primary amides is 1. The summed E-state index contributed by atoms with van der Waals surface area (Å²) in [5.74, 6) is -0.656. The van der Waals surface area contributed by atoms with Gasteiger partial charge in [0, 0.05) is 21.2 Å². The number of hydrogen-bond acceptors (Lipinski definition) is 3. The smallest absolute Gasteiger partial charge is 0.231 e. The predicted octanol–water partition coefficient (Wildman–Crippen LogP) is 4.68. The van der Waals surface area contributed by atoms with E-state index >= 15 is 0 Å². The Kier molecular flexibility index (Phi) is 5.45. The number of halogens is 2. The van der Waals surface area contributed by atoms with Crippen LogP contribution in [0, 0.1) is 0 Å². The third kappa shape index (κ3) is 3.66. The number of carbonyl (C=O) groups excluding carboxylic acids is 1. The Hall–Kier alpha value is -2.56. The molecule has 0 radical (unpaired) electrons. The highest BCUT2D eigenvalue weighted by Crippen LogP contribution is 2.35. The summed E-state index contributed by atoms with van der Waals surface area (Å²) in [6.45, 7) is 0. The van der Waals surface area contributed by atoms with Crippen LogP contribution in [0.25, 0.3) is 11.3 Å². The molecule has 0 saturated carbocycles. The Balaban J connectivity index is 2.08. The van der Waals surface area contributed by atoms with E-state index < -0.39 is 11.8 Å². The quantitative estimate of drug-likeness (QED) is 0.691. The van der Waals surface area contributed by atoms with Crippen molar-refractivity contribution in [3.8, 4) is 17.0 Å². The van der Waals surface area contributed by atoms with E-state index in [0.29, 0.717) is 27.0 Å². The van der Waals surface area contributed by atoms with Crippen molar-refractivity contribution in [2.45, 2.75) is 5.92 Å². The number of nitrogens with two attached hydrogens (primary N) is 1. The number of pyridine rings is 1. The number of nitrogens with zero attached hydrogens (tertiary/aromatic N) is 1. The number of aromatic nitrogens is 1. The molecule has 1 amide bonds. The minimum atomic E-state index is -0.839. The van der Waals surface area contributed by atoms with Crippen LogP contribution in [0.4, 0.5) is 0 Å². The molecule has 1 unspecified atom stereocenters. The van der Waals surface area contributed by atoms with Gasteiger partial charge in [-0.2, -0.15) is 0 Å². The van der Waals surface area contributed by atoms with E-state index in [9.17, 15) is 4.79 Å². The van der Waals surface area contributed by atoms with Gasteiger partial charge in [-0.05, 0) is 48.5 Å². The van der Waals surface area contributed by atoms with Gasteiger partial charge in [0.15, 0.2) is 0 Å².